The number of terminal acetylenes is 1. The monoisotopic (exact) mass is 153 g/mol. The second-order valence-corrected chi connectivity index (χ2v) is 4.16. The maximum Gasteiger partial charge on any atom is 0.0240 e. The lowest BCUT2D eigenvalue weighted by Gasteiger charge is -2.24. The molecule has 0 aliphatic carbocycles. The fraction of sp³-hybridized carbons (Fsp3) is 0.800. The minimum Gasteiger partial charge on any atom is -0.316 e. The number of hydrogen-bond acceptors (Lipinski definition) is 1. The highest BCUT2D eigenvalue weighted by atomic mass is 14.9. The molecule has 0 heterocycles. The predicted octanol–water partition coefficient (Wildman–Crippen LogP) is 2.03. The summed E-state index contributed by atoms with van der Waals surface area (Å²) in [6.45, 7) is 6.69. The predicted molar refractivity (Wildman–Crippen MR) is 50.4 cm³/mol. The molecule has 1 heteroatoms. The van der Waals surface area contributed by atoms with E-state index >= 15 is 0 Å². The van der Waals surface area contributed by atoms with Crippen LogP contribution in [0.2, 0.25) is 0 Å². The molecule has 0 fully saturated rings. The third-order valence-electron chi connectivity index (χ3n) is 1.63. The lowest BCUT2D eigenvalue weighted by atomic mass is 9.87. The van der Waals surface area contributed by atoms with Gasteiger partial charge in [0.25, 0.3) is 0 Å². The van der Waals surface area contributed by atoms with Crippen molar-refractivity contribution in [2.24, 2.45) is 5.41 Å². The Morgan fingerprint density at radius 2 is 2.00 bits per heavy atom. The molecule has 0 spiro atoms. The van der Waals surface area contributed by atoms with Crippen LogP contribution in [0.3, 0.4) is 0 Å². The first-order valence-corrected chi connectivity index (χ1v) is 4.10. The van der Waals surface area contributed by atoms with Crippen molar-refractivity contribution in [3.05, 3.63) is 0 Å². The third-order valence-corrected chi connectivity index (χ3v) is 1.63. The van der Waals surface area contributed by atoms with Gasteiger partial charge in [0, 0.05) is 12.5 Å². The van der Waals surface area contributed by atoms with Gasteiger partial charge in [-0.1, -0.05) is 20.8 Å². The SMILES string of the molecule is C#CCC(CC(C)(C)C)NC. The molecule has 1 N–H and O–H groups in total. The Balaban J connectivity index is 3.80. The number of hydrogen-bond donors (Lipinski definition) is 1. The molecule has 64 valence electrons. The van der Waals surface area contributed by atoms with Crippen LogP contribution in [0.5, 0.6) is 0 Å². The van der Waals surface area contributed by atoms with Crippen molar-refractivity contribution in [3.8, 4) is 12.3 Å². The minimum absolute atomic E-state index is 0.366. The molecule has 0 aliphatic rings. The van der Waals surface area contributed by atoms with Crippen molar-refractivity contribution in [1.82, 2.24) is 5.32 Å². The van der Waals surface area contributed by atoms with Gasteiger partial charge < -0.3 is 5.32 Å². The Morgan fingerprint density at radius 1 is 1.45 bits per heavy atom. The first-order valence-electron chi connectivity index (χ1n) is 4.10. The normalized spacial score (nSPS) is 14.1. The van der Waals surface area contributed by atoms with E-state index < -0.39 is 0 Å². The molecule has 1 nitrogen and oxygen atoms in total. The van der Waals surface area contributed by atoms with Crippen molar-refractivity contribution < 1.29 is 0 Å². The smallest absolute Gasteiger partial charge is 0.0240 e. The molecule has 0 aromatic carbocycles. The molecule has 0 aromatic rings. The second kappa shape index (κ2) is 4.41. The summed E-state index contributed by atoms with van der Waals surface area (Å²) in [6.07, 6.45) is 7.19. The van der Waals surface area contributed by atoms with E-state index in [-0.39, 0.29) is 0 Å². The fourth-order valence-corrected chi connectivity index (χ4v) is 1.16. The molecule has 11 heavy (non-hydrogen) atoms. The quantitative estimate of drug-likeness (QED) is 0.612. The molecular formula is C10H19N. The molecule has 0 saturated carbocycles. The molecular weight excluding hydrogens is 134 g/mol. The Bertz CT molecular complexity index is 136. The largest absolute Gasteiger partial charge is 0.316 e. The van der Waals surface area contributed by atoms with Crippen LogP contribution in [0.25, 0.3) is 0 Å². The molecule has 0 saturated heterocycles. The number of rotatable bonds is 3. The summed E-state index contributed by atoms with van der Waals surface area (Å²) in [7, 11) is 1.97. The molecule has 0 radical (unpaired) electrons. The zero-order valence-corrected chi connectivity index (χ0v) is 8.07. The average molecular weight is 153 g/mol. The Labute approximate surface area is 70.6 Å². The van der Waals surface area contributed by atoms with Crippen LogP contribution in [-0.2, 0) is 0 Å². The van der Waals surface area contributed by atoms with E-state index in [9.17, 15) is 0 Å². The molecule has 1 atom stereocenters. The average Bonchev–Trinajstić information content (AvgIpc) is 1.84. The summed E-state index contributed by atoms with van der Waals surface area (Å²) in [5, 5.41) is 3.22. The number of nitrogens with one attached hydrogen (secondary N) is 1. The first kappa shape index (κ1) is 10.5. The van der Waals surface area contributed by atoms with Crippen LogP contribution >= 0.6 is 0 Å². The van der Waals surface area contributed by atoms with Gasteiger partial charge >= 0.3 is 0 Å². The maximum absolute atomic E-state index is 5.23. The zero-order valence-electron chi connectivity index (χ0n) is 8.07. The van der Waals surface area contributed by atoms with Crippen molar-refractivity contribution in [1.29, 1.82) is 0 Å². The highest BCUT2D eigenvalue weighted by molar-refractivity contribution is 4.90. The fourth-order valence-electron chi connectivity index (χ4n) is 1.16. The van der Waals surface area contributed by atoms with Crippen LogP contribution in [-0.4, -0.2) is 13.1 Å². The van der Waals surface area contributed by atoms with Gasteiger partial charge in [0.2, 0.25) is 0 Å². The van der Waals surface area contributed by atoms with Crippen LogP contribution in [0, 0.1) is 17.8 Å². The van der Waals surface area contributed by atoms with E-state index in [4.69, 9.17) is 6.42 Å². The van der Waals surface area contributed by atoms with Crippen molar-refractivity contribution in [2.45, 2.75) is 39.7 Å². The van der Waals surface area contributed by atoms with Gasteiger partial charge in [0.15, 0.2) is 0 Å². The Hall–Kier alpha value is -0.480. The summed E-state index contributed by atoms with van der Waals surface area (Å²) in [4.78, 5) is 0. The van der Waals surface area contributed by atoms with Gasteiger partial charge in [0.1, 0.15) is 0 Å². The highest BCUT2D eigenvalue weighted by Crippen LogP contribution is 2.21. The molecule has 0 aromatic heterocycles. The summed E-state index contributed by atoms with van der Waals surface area (Å²) >= 11 is 0. The lowest BCUT2D eigenvalue weighted by molar-refractivity contribution is 0.319. The van der Waals surface area contributed by atoms with E-state index in [0.29, 0.717) is 11.5 Å². The van der Waals surface area contributed by atoms with Crippen molar-refractivity contribution >= 4 is 0 Å². The summed E-state index contributed by atoms with van der Waals surface area (Å²) in [5.74, 6) is 2.68. The molecule has 0 aliphatic heterocycles. The van der Waals surface area contributed by atoms with E-state index in [1.165, 1.54) is 0 Å². The summed E-state index contributed by atoms with van der Waals surface area (Å²) in [5.41, 5.74) is 0.366. The first-order chi connectivity index (χ1) is 4.99. The van der Waals surface area contributed by atoms with Gasteiger partial charge in [-0.15, -0.1) is 12.3 Å². The van der Waals surface area contributed by atoms with Gasteiger partial charge in [-0.25, -0.2) is 0 Å². The van der Waals surface area contributed by atoms with E-state index in [0.717, 1.165) is 12.8 Å². The van der Waals surface area contributed by atoms with Gasteiger partial charge in [-0.3, -0.25) is 0 Å². The zero-order chi connectivity index (χ0) is 8.91. The van der Waals surface area contributed by atoms with Gasteiger partial charge in [-0.05, 0) is 18.9 Å². The van der Waals surface area contributed by atoms with E-state index in [1.807, 2.05) is 7.05 Å². The Kier molecular flexibility index (Phi) is 4.22. The van der Waals surface area contributed by atoms with Gasteiger partial charge in [0.05, 0.1) is 0 Å². The Morgan fingerprint density at radius 3 is 2.27 bits per heavy atom. The van der Waals surface area contributed by atoms with E-state index in [2.05, 4.69) is 32.0 Å². The molecule has 1 unspecified atom stereocenters. The summed E-state index contributed by atoms with van der Waals surface area (Å²) < 4.78 is 0. The van der Waals surface area contributed by atoms with Crippen molar-refractivity contribution in [3.63, 3.8) is 0 Å². The molecule has 0 amide bonds. The standard InChI is InChI=1S/C10H19N/c1-6-7-9(11-5)8-10(2,3)4/h1,9,11H,7-8H2,2-5H3. The summed E-state index contributed by atoms with van der Waals surface area (Å²) in [6, 6.07) is 0.472. The highest BCUT2D eigenvalue weighted by Gasteiger charge is 2.15. The lowest BCUT2D eigenvalue weighted by Crippen LogP contribution is -2.29. The van der Waals surface area contributed by atoms with Crippen LogP contribution in [0.4, 0.5) is 0 Å². The minimum atomic E-state index is 0.366. The molecule has 0 bridgehead atoms. The van der Waals surface area contributed by atoms with Crippen LogP contribution in [0.15, 0.2) is 0 Å². The van der Waals surface area contributed by atoms with Crippen LogP contribution in [0.1, 0.15) is 33.6 Å². The van der Waals surface area contributed by atoms with Crippen molar-refractivity contribution in [2.75, 3.05) is 7.05 Å². The topological polar surface area (TPSA) is 12.0 Å². The van der Waals surface area contributed by atoms with E-state index in [1.54, 1.807) is 0 Å². The van der Waals surface area contributed by atoms with Gasteiger partial charge in [-0.2, -0.15) is 0 Å². The maximum atomic E-state index is 5.23. The molecule has 0 rings (SSSR count). The second-order valence-electron chi connectivity index (χ2n) is 4.16. The van der Waals surface area contributed by atoms with Crippen LogP contribution < -0.4 is 5.32 Å². The third kappa shape index (κ3) is 5.94.